The Hall–Kier alpha value is -2.30. The average molecular weight is 270 g/mol. The monoisotopic (exact) mass is 270 g/mol. The summed E-state index contributed by atoms with van der Waals surface area (Å²) in [5, 5.41) is 6.59. The SMILES string of the molecule is CNc1ncnc(NC2CCOc3ccccc32)c1C. The number of nitrogens with zero attached hydrogens (tertiary/aromatic N) is 2. The van der Waals surface area contributed by atoms with Crippen LogP contribution in [0.4, 0.5) is 11.6 Å². The second-order valence-corrected chi connectivity index (χ2v) is 4.82. The van der Waals surface area contributed by atoms with Gasteiger partial charge in [-0.15, -0.1) is 0 Å². The molecular formula is C15H18N4O. The summed E-state index contributed by atoms with van der Waals surface area (Å²) < 4.78 is 5.68. The van der Waals surface area contributed by atoms with E-state index in [2.05, 4.69) is 26.7 Å². The lowest BCUT2D eigenvalue weighted by Crippen LogP contribution is -2.21. The first-order valence-electron chi connectivity index (χ1n) is 6.77. The quantitative estimate of drug-likeness (QED) is 0.898. The summed E-state index contributed by atoms with van der Waals surface area (Å²) >= 11 is 0. The molecule has 5 heteroatoms. The second-order valence-electron chi connectivity index (χ2n) is 4.82. The predicted octanol–water partition coefficient (Wildman–Crippen LogP) is 2.76. The van der Waals surface area contributed by atoms with E-state index in [4.69, 9.17) is 4.74 Å². The summed E-state index contributed by atoms with van der Waals surface area (Å²) in [6, 6.07) is 8.36. The fourth-order valence-electron chi connectivity index (χ4n) is 2.50. The van der Waals surface area contributed by atoms with Crippen LogP contribution in [0.5, 0.6) is 5.75 Å². The van der Waals surface area contributed by atoms with Crippen molar-refractivity contribution < 1.29 is 4.74 Å². The van der Waals surface area contributed by atoms with Crippen LogP contribution in [0.2, 0.25) is 0 Å². The van der Waals surface area contributed by atoms with Crippen molar-refractivity contribution in [1.29, 1.82) is 0 Å². The van der Waals surface area contributed by atoms with Crippen LogP contribution >= 0.6 is 0 Å². The molecule has 20 heavy (non-hydrogen) atoms. The topological polar surface area (TPSA) is 59.1 Å². The average Bonchev–Trinajstić information content (AvgIpc) is 2.50. The third-order valence-electron chi connectivity index (χ3n) is 3.59. The van der Waals surface area contributed by atoms with E-state index in [0.29, 0.717) is 0 Å². The molecule has 1 aliphatic heterocycles. The van der Waals surface area contributed by atoms with Crippen LogP contribution in [-0.2, 0) is 0 Å². The molecule has 0 bridgehead atoms. The van der Waals surface area contributed by atoms with E-state index in [1.54, 1.807) is 6.33 Å². The first kappa shape index (κ1) is 12.7. The zero-order valence-corrected chi connectivity index (χ0v) is 11.7. The maximum atomic E-state index is 5.68. The number of aromatic nitrogens is 2. The highest BCUT2D eigenvalue weighted by molar-refractivity contribution is 5.57. The zero-order valence-electron chi connectivity index (χ0n) is 11.7. The van der Waals surface area contributed by atoms with Gasteiger partial charge in [-0.1, -0.05) is 18.2 Å². The number of benzene rings is 1. The Morgan fingerprint density at radius 1 is 1.20 bits per heavy atom. The van der Waals surface area contributed by atoms with E-state index in [-0.39, 0.29) is 6.04 Å². The molecule has 1 aliphatic rings. The van der Waals surface area contributed by atoms with Crippen LogP contribution < -0.4 is 15.4 Å². The maximum absolute atomic E-state index is 5.68. The Balaban J connectivity index is 1.90. The van der Waals surface area contributed by atoms with Gasteiger partial charge in [-0.2, -0.15) is 0 Å². The summed E-state index contributed by atoms with van der Waals surface area (Å²) in [5.74, 6) is 2.67. The summed E-state index contributed by atoms with van der Waals surface area (Å²) in [7, 11) is 1.86. The number of hydrogen-bond donors (Lipinski definition) is 2. The molecule has 2 heterocycles. The molecule has 2 N–H and O–H groups in total. The van der Waals surface area contributed by atoms with Crippen molar-refractivity contribution in [3.8, 4) is 5.75 Å². The Kier molecular flexibility index (Phi) is 3.41. The van der Waals surface area contributed by atoms with Crippen molar-refractivity contribution in [2.45, 2.75) is 19.4 Å². The minimum atomic E-state index is 0.221. The van der Waals surface area contributed by atoms with Gasteiger partial charge >= 0.3 is 0 Å². The summed E-state index contributed by atoms with van der Waals surface area (Å²) in [6.07, 6.45) is 2.50. The highest BCUT2D eigenvalue weighted by Crippen LogP contribution is 2.34. The lowest BCUT2D eigenvalue weighted by Gasteiger charge is -2.27. The van der Waals surface area contributed by atoms with Crippen LogP contribution in [0.1, 0.15) is 23.6 Å². The van der Waals surface area contributed by atoms with E-state index in [0.717, 1.165) is 36.0 Å². The van der Waals surface area contributed by atoms with Crippen LogP contribution in [-0.4, -0.2) is 23.6 Å². The van der Waals surface area contributed by atoms with Crippen molar-refractivity contribution in [3.63, 3.8) is 0 Å². The minimum Gasteiger partial charge on any atom is -0.493 e. The molecular weight excluding hydrogens is 252 g/mol. The highest BCUT2D eigenvalue weighted by atomic mass is 16.5. The Morgan fingerprint density at radius 3 is 2.85 bits per heavy atom. The van der Waals surface area contributed by atoms with Crippen LogP contribution in [0.3, 0.4) is 0 Å². The summed E-state index contributed by atoms with van der Waals surface area (Å²) in [4.78, 5) is 8.56. The molecule has 3 rings (SSSR count). The number of hydrogen-bond acceptors (Lipinski definition) is 5. The van der Waals surface area contributed by atoms with Gasteiger partial charge in [0.15, 0.2) is 0 Å². The van der Waals surface area contributed by atoms with Gasteiger partial charge < -0.3 is 15.4 Å². The molecule has 0 radical (unpaired) electrons. The van der Waals surface area contributed by atoms with Crippen molar-refractivity contribution in [2.24, 2.45) is 0 Å². The number of ether oxygens (including phenoxy) is 1. The molecule has 104 valence electrons. The molecule has 5 nitrogen and oxygen atoms in total. The van der Waals surface area contributed by atoms with Gasteiger partial charge in [-0.25, -0.2) is 9.97 Å². The number of anilines is 2. The Bertz CT molecular complexity index is 615. The van der Waals surface area contributed by atoms with Crippen LogP contribution in [0.25, 0.3) is 0 Å². The first-order chi connectivity index (χ1) is 9.79. The normalized spacial score (nSPS) is 17.0. The number of nitrogens with one attached hydrogen (secondary N) is 2. The van der Waals surface area contributed by atoms with Crippen LogP contribution in [0, 0.1) is 6.92 Å². The molecule has 1 unspecified atom stereocenters. The molecule has 2 aromatic rings. The molecule has 0 saturated heterocycles. The largest absolute Gasteiger partial charge is 0.493 e. The fourth-order valence-corrected chi connectivity index (χ4v) is 2.50. The summed E-state index contributed by atoms with van der Waals surface area (Å²) in [5.41, 5.74) is 2.21. The maximum Gasteiger partial charge on any atom is 0.134 e. The van der Waals surface area contributed by atoms with Gasteiger partial charge in [0.2, 0.25) is 0 Å². The molecule has 1 aromatic carbocycles. The van der Waals surface area contributed by atoms with Crippen molar-refractivity contribution >= 4 is 11.6 Å². The molecule has 1 atom stereocenters. The second kappa shape index (κ2) is 5.36. The molecule has 0 aliphatic carbocycles. The number of rotatable bonds is 3. The van der Waals surface area contributed by atoms with E-state index in [9.17, 15) is 0 Å². The number of para-hydroxylation sites is 1. The van der Waals surface area contributed by atoms with Crippen molar-refractivity contribution in [2.75, 3.05) is 24.3 Å². The van der Waals surface area contributed by atoms with E-state index < -0.39 is 0 Å². The first-order valence-corrected chi connectivity index (χ1v) is 6.77. The van der Waals surface area contributed by atoms with Gasteiger partial charge in [0.25, 0.3) is 0 Å². The Labute approximate surface area is 118 Å². The third-order valence-corrected chi connectivity index (χ3v) is 3.59. The predicted molar refractivity (Wildman–Crippen MR) is 79.2 cm³/mol. The molecule has 0 fully saturated rings. The van der Waals surface area contributed by atoms with Crippen molar-refractivity contribution in [3.05, 3.63) is 41.7 Å². The van der Waals surface area contributed by atoms with E-state index in [1.807, 2.05) is 32.2 Å². The molecule has 0 amide bonds. The molecule has 0 spiro atoms. The number of fused-ring (bicyclic) bond motifs is 1. The van der Waals surface area contributed by atoms with Gasteiger partial charge in [-0.05, 0) is 13.0 Å². The van der Waals surface area contributed by atoms with E-state index >= 15 is 0 Å². The molecule has 0 saturated carbocycles. The fraction of sp³-hybridized carbons (Fsp3) is 0.333. The third kappa shape index (κ3) is 2.27. The van der Waals surface area contributed by atoms with Gasteiger partial charge in [-0.3, -0.25) is 0 Å². The lowest BCUT2D eigenvalue weighted by molar-refractivity contribution is 0.274. The lowest BCUT2D eigenvalue weighted by atomic mass is 10.0. The minimum absolute atomic E-state index is 0.221. The van der Waals surface area contributed by atoms with Crippen molar-refractivity contribution in [1.82, 2.24) is 9.97 Å². The zero-order chi connectivity index (χ0) is 13.9. The summed E-state index contributed by atoms with van der Waals surface area (Å²) in [6.45, 7) is 2.73. The molecule has 1 aromatic heterocycles. The van der Waals surface area contributed by atoms with Crippen LogP contribution in [0.15, 0.2) is 30.6 Å². The smallest absolute Gasteiger partial charge is 0.134 e. The van der Waals surface area contributed by atoms with Gasteiger partial charge in [0.1, 0.15) is 23.7 Å². The standard InChI is InChI=1S/C15H18N4O/c1-10-14(16-2)17-9-18-15(10)19-12-7-8-20-13-6-4-3-5-11(12)13/h3-6,9,12H,7-8H2,1-2H3,(H2,16,17,18,19). The van der Waals surface area contributed by atoms with E-state index in [1.165, 1.54) is 5.56 Å². The van der Waals surface area contributed by atoms with Gasteiger partial charge in [0.05, 0.1) is 12.6 Å². The Morgan fingerprint density at radius 2 is 2.00 bits per heavy atom. The van der Waals surface area contributed by atoms with Gasteiger partial charge in [0, 0.05) is 24.6 Å². The highest BCUT2D eigenvalue weighted by Gasteiger charge is 2.22.